The molecule has 1 aliphatic rings. The van der Waals surface area contributed by atoms with Gasteiger partial charge in [-0.2, -0.15) is 12.6 Å². The Hall–Kier alpha value is -6.26. The third kappa shape index (κ3) is 14.5. The van der Waals surface area contributed by atoms with E-state index in [9.17, 15) is 63.6 Å². The highest BCUT2D eigenvalue weighted by Crippen LogP contribution is 2.35. The zero-order valence-electron chi connectivity index (χ0n) is 33.8. The van der Waals surface area contributed by atoms with E-state index in [0.717, 1.165) is 23.1 Å². The van der Waals surface area contributed by atoms with Gasteiger partial charge in [-0.1, -0.05) is 80.9 Å². The molecule has 0 bridgehead atoms. The summed E-state index contributed by atoms with van der Waals surface area (Å²) in [6.45, 7) is 4.74. The van der Waals surface area contributed by atoms with Crippen molar-refractivity contribution < 1.29 is 68.0 Å². The van der Waals surface area contributed by atoms with E-state index < -0.39 is 120 Å². The Morgan fingerprint density at radius 3 is 1.90 bits per heavy atom. The number of amides is 7. The minimum Gasteiger partial charge on any atom is -0.481 e. The first-order chi connectivity index (χ1) is 28.8. The highest BCUT2D eigenvalue weighted by atomic mass is 32.1. The van der Waals surface area contributed by atoms with Gasteiger partial charge in [-0.25, -0.2) is 5.01 Å². The van der Waals surface area contributed by atoms with Gasteiger partial charge >= 0.3 is 18.0 Å². The van der Waals surface area contributed by atoms with Crippen LogP contribution in [0.25, 0.3) is 0 Å². The predicted molar refractivity (Wildman–Crippen MR) is 216 cm³/mol. The number of hydrogen-bond donors (Lipinski definition) is 10. The van der Waals surface area contributed by atoms with Crippen molar-refractivity contribution in [3.05, 3.63) is 71.8 Å². The molecule has 332 valence electrons. The first kappa shape index (κ1) is 49.1. The van der Waals surface area contributed by atoms with Gasteiger partial charge in [0.05, 0.1) is 10.9 Å². The number of carboxylic acids is 2. The molecule has 2 aromatic carbocycles. The summed E-state index contributed by atoms with van der Waals surface area (Å²) in [6.07, 6.45) is -5.34. The van der Waals surface area contributed by atoms with Gasteiger partial charge in [0.2, 0.25) is 17.7 Å². The summed E-state index contributed by atoms with van der Waals surface area (Å²) in [4.78, 5) is 116. The van der Waals surface area contributed by atoms with Crippen LogP contribution in [0.15, 0.2) is 60.7 Å². The molecule has 0 unspecified atom stereocenters. The summed E-state index contributed by atoms with van der Waals surface area (Å²) in [7, 11) is 0. The molecule has 7 amide bonds. The maximum atomic E-state index is 13.8. The third-order valence-electron chi connectivity index (χ3n) is 9.47. The average Bonchev–Trinajstić information content (AvgIpc) is 3.84. The van der Waals surface area contributed by atoms with Crippen molar-refractivity contribution in [3.8, 4) is 0 Å². The Morgan fingerprint density at radius 2 is 1.36 bits per heavy atom. The Balaban J connectivity index is 1.72. The van der Waals surface area contributed by atoms with Crippen LogP contribution >= 0.6 is 12.6 Å². The van der Waals surface area contributed by atoms with Crippen molar-refractivity contribution in [2.24, 2.45) is 5.92 Å². The minimum atomic E-state index is -2.29. The number of carbonyl (C=O) groups excluding carboxylic acids is 7. The van der Waals surface area contributed by atoms with Gasteiger partial charge in [0.15, 0.2) is 18.8 Å². The lowest BCUT2D eigenvalue weighted by Crippen LogP contribution is -2.62. The summed E-state index contributed by atoms with van der Waals surface area (Å²) in [5, 5.41) is 48.8. The Bertz CT molecular complexity index is 1910. The van der Waals surface area contributed by atoms with Crippen LogP contribution in [0, 0.1) is 5.92 Å². The van der Waals surface area contributed by atoms with E-state index in [1.54, 1.807) is 74.5 Å². The second-order valence-corrected chi connectivity index (χ2v) is 14.8. The first-order valence-electron chi connectivity index (χ1n) is 19.2. The molecule has 0 radical (unpaired) electrons. The number of nitrogens with zero attached hydrogens (tertiary/aromatic N) is 2. The summed E-state index contributed by atoms with van der Waals surface area (Å²) < 4.78 is 2.32. The monoisotopic (exact) mass is 874 g/mol. The van der Waals surface area contributed by atoms with Crippen molar-refractivity contribution in [3.63, 3.8) is 0 Å². The molecule has 0 saturated carbocycles. The maximum absolute atomic E-state index is 13.8. The largest absolute Gasteiger partial charge is 0.709 e. The molecule has 61 heavy (non-hydrogen) atoms. The zero-order chi connectivity index (χ0) is 45.6. The van der Waals surface area contributed by atoms with Gasteiger partial charge in [-0.3, -0.25) is 43.8 Å². The van der Waals surface area contributed by atoms with Crippen LogP contribution in [0.3, 0.4) is 0 Å². The highest BCUT2D eigenvalue weighted by Gasteiger charge is 2.63. The predicted octanol–water partition coefficient (Wildman–Crippen LogP) is -0.856. The fourth-order valence-corrected chi connectivity index (χ4v) is 6.07. The van der Waals surface area contributed by atoms with Gasteiger partial charge in [0.25, 0.3) is 17.7 Å². The molecule has 2 aromatic rings. The summed E-state index contributed by atoms with van der Waals surface area (Å²) in [6, 6.07) is 11.7. The molecule has 3 rings (SSSR count). The quantitative estimate of drug-likeness (QED) is 0.0282. The second kappa shape index (κ2) is 22.9. The molecule has 0 aromatic heterocycles. The molecule has 21 nitrogen and oxygen atoms in total. The van der Waals surface area contributed by atoms with Gasteiger partial charge in [0.1, 0.15) is 29.9 Å². The number of aliphatic carboxylic acids is 2. The Kier molecular flexibility index (Phi) is 18.5. The Morgan fingerprint density at radius 1 is 0.770 bits per heavy atom. The van der Waals surface area contributed by atoms with Crippen molar-refractivity contribution >= 4 is 66.1 Å². The molecule has 0 aliphatic carbocycles. The number of thiol groups is 1. The smallest absolute Gasteiger partial charge is 0.481 e. The summed E-state index contributed by atoms with van der Waals surface area (Å²) in [5.41, 5.74) is 3.43. The van der Waals surface area contributed by atoms with Gasteiger partial charge in [-0.05, 0) is 36.8 Å². The highest BCUT2D eigenvalue weighted by molar-refractivity contribution is 7.82. The lowest BCUT2D eigenvalue weighted by atomic mass is 9.97. The van der Waals surface area contributed by atoms with Crippen LogP contribution in [-0.2, 0) is 56.0 Å². The SMILES string of the molecule is CC[C@H](C)[C@@H](C(=O)N[C@@H](CCC(=O)O)C(=O)N[C@H](C(=O)NN(CC(=O)O)C(=O)[C@H](S)[C@H](O)C(=O)N[C@@H](C)C(=O)NCc1ccccc1)[C@@H](C)O)N1C(=O)[O+]1Cc1ccccc1. The summed E-state index contributed by atoms with van der Waals surface area (Å²) >= 11 is 3.96. The number of carbonyl (C=O) groups is 9. The second-order valence-electron chi connectivity index (χ2n) is 14.3. The van der Waals surface area contributed by atoms with E-state index in [-0.39, 0.29) is 18.2 Å². The normalized spacial score (nSPS) is 16.0. The number of nitrogens with one attached hydrogen (secondary N) is 5. The van der Waals surface area contributed by atoms with Crippen LogP contribution < -0.4 is 26.7 Å². The lowest BCUT2D eigenvalue weighted by molar-refractivity contribution is -0.152. The van der Waals surface area contributed by atoms with Gasteiger partial charge in [0, 0.05) is 18.5 Å². The first-order valence-corrected chi connectivity index (χ1v) is 19.7. The van der Waals surface area contributed by atoms with Crippen molar-refractivity contribution in [1.82, 2.24) is 36.8 Å². The molecule has 1 saturated heterocycles. The third-order valence-corrected chi connectivity index (χ3v) is 9.97. The van der Waals surface area contributed by atoms with Crippen LogP contribution in [0.1, 0.15) is 58.1 Å². The van der Waals surface area contributed by atoms with Crippen LogP contribution in [0.4, 0.5) is 4.79 Å². The van der Waals surface area contributed by atoms with Crippen LogP contribution in [0.2, 0.25) is 0 Å². The van der Waals surface area contributed by atoms with E-state index in [4.69, 9.17) is 0 Å². The lowest BCUT2D eigenvalue weighted by Gasteiger charge is -2.30. The average molecular weight is 875 g/mol. The molecule has 1 fully saturated rings. The molecule has 0 spiro atoms. The maximum Gasteiger partial charge on any atom is 0.709 e. The van der Waals surface area contributed by atoms with E-state index in [0.29, 0.717) is 6.42 Å². The molecule has 9 N–H and O–H groups in total. The van der Waals surface area contributed by atoms with Gasteiger partial charge < -0.3 is 46.2 Å². The molecule has 22 heteroatoms. The van der Waals surface area contributed by atoms with Crippen molar-refractivity contribution in [2.75, 3.05) is 6.54 Å². The number of rotatable bonds is 23. The van der Waals surface area contributed by atoms with Crippen molar-refractivity contribution in [2.45, 2.75) is 102 Å². The number of hydrogen-bond acceptors (Lipinski definition) is 12. The number of hydrazine groups is 1. The number of benzene rings is 2. The van der Waals surface area contributed by atoms with Crippen LogP contribution in [0.5, 0.6) is 0 Å². The molecule has 8 atom stereocenters. The fourth-order valence-electron chi connectivity index (χ4n) is 5.79. The minimum absolute atomic E-state index is 0.0724. The topological polar surface area (TPSA) is 304 Å². The Labute approximate surface area is 356 Å². The summed E-state index contributed by atoms with van der Waals surface area (Å²) in [5.74, 6) is -10.2. The molecule has 1 heterocycles. The molecule has 1 aliphatic heterocycles. The number of aliphatic hydroxyl groups is 2. The zero-order valence-corrected chi connectivity index (χ0v) is 34.7. The van der Waals surface area contributed by atoms with E-state index >= 15 is 0 Å². The van der Waals surface area contributed by atoms with Crippen molar-refractivity contribution in [1.29, 1.82) is 0 Å². The van der Waals surface area contributed by atoms with Crippen LogP contribution in [-0.4, -0.2) is 132 Å². The van der Waals surface area contributed by atoms with E-state index in [2.05, 4.69) is 38.4 Å². The standard InChI is InChI=1S/C39H51N7O14S/c1-5-21(2)30(46-39(59)60(46)20-25-14-10-7-11-15-25)36(56)42-26(16-17-27(48)49)34(54)43-29(23(4)47)35(55)44-45(19-28(50)51)38(58)32(61)31(52)37(57)41-22(3)33(53)40-18-24-12-8-6-9-13-24/h6-15,21-23,26,29-32,47,52H,5,16-20H2,1-4H3,(H7-,40,41,42,43,44,48,49,50,51,53,54,55,56,57,61)/p+1/t21-,22-,23+,26-,29-,30-,31-,32+,46?/m0/s1. The van der Waals surface area contributed by atoms with E-state index in [1.165, 1.54) is 6.92 Å². The number of carboxylic acid groups (broad SMARTS) is 2. The van der Waals surface area contributed by atoms with E-state index in [1.807, 2.05) is 5.43 Å². The number of aliphatic hydroxyl groups excluding tert-OH is 2. The fraction of sp³-hybridized carbons (Fsp3) is 0.462. The molecular formula is C39H52N7O14S+. The number of hydroxylamine groups is 2. The van der Waals surface area contributed by atoms with Gasteiger partial charge in [-0.15, -0.1) is 0 Å². The molecular weight excluding hydrogens is 823 g/mol.